The van der Waals surface area contributed by atoms with Crippen molar-refractivity contribution >= 4 is 46.5 Å². The molecule has 0 unspecified atom stereocenters. The Hall–Kier alpha value is -2.97. The minimum atomic E-state index is -0.543. The summed E-state index contributed by atoms with van der Waals surface area (Å²) in [7, 11) is 0. The van der Waals surface area contributed by atoms with Gasteiger partial charge in [0.2, 0.25) is 5.91 Å². The summed E-state index contributed by atoms with van der Waals surface area (Å²) < 4.78 is 0. The fraction of sp³-hybridized carbons (Fsp3) is 0.150. The van der Waals surface area contributed by atoms with E-state index in [0.717, 1.165) is 22.2 Å². The van der Waals surface area contributed by atoms with Crippen LogP contribution in [-0.4, -0.2) is 45.3 Å². The number of amides is 3. The van der Waals surface area contributed by atoms with E-state index >= 15 is 0 Å². The van der Waals surface area contributed by atoms with Crippen molar-refractivity contribution in [2.75, 3.05) is 13.1 Å². The highest BCUT2D eigenvalue weighted by Crippen LogP contribution is 2.33. The number of phenolic OH excluding ortho intramolecular Hbond substituents is 2. The Balaban J connectivity index is 1.56. The highest BCUT2D eigenvalue weighted by atomic mass is 35.5. The first kappa shape index (κ1) is 20.8. The van der Waals surface area contributed by atoms with Gasteiger partial charge in [0.25, 0.3) is 11.1 Å². The summed E-state index contributed by atoms with van der Waals surface area (Å²) in [5.74, 6) is -1.48. The zero-order valence-corrected chi connectivity index (χ0v) is 16.7. The van der Waals surface area contributed by atoms with Gasteiger partial charge in [0, 0.05) is 11.6 Å². The van der Waals surface area contributed by atoms with Crippen molar-refractivity contribution in [3.05, 3.63) is 63.5 Å². The van der Waals surface area contributed by atoms with Crippen LogP contribution in [0.2, 0.25) is 5.02 Å². The van der Waals surface area contributed by atoms with Crippen LogP contribution in [-0.2, 0) is 16.0 Å². The van der Waals surface area contributed by atoms with Crippen LogP contribution >= 0.6 is 23.4 Å². The monoisotopic (exact) mass is 432 g/mol. The molecule has 1 aliphatic heterocycles. The summed E-state index contributed by atoms with van der Waals surface area (Å²) in [4.78, 5) is 37.8. The van der Waals surface area contributed by atoms with Gasteiger partial charge in [-0.1, -0.05) is 35.9 Å². The summed E-state index contributed by atoms with van der Waals surface area (Å²) in [6.45, 7) is -0.139. The topological polar surface area (TPSA) is 107 Å². The number of nitrogens with zero attached hydrogens (tertiary/aromatic N) is 1. The highest BCUT2D eigenvalue weighted by molar-refractivity contribution is 8.18. The number of hydrogen-bond donors (Lipinski definition) is 3. The first-order chi connectivity index (χ1) is 13.8. The number of thioether (sulfide) groups is 1. The number of rotatable bonds is 6. The molecule has 0 aliphatic carbocycles. The Bertz CT molecular complexity index is 1010. The van der Waals surface area contributed by atoms with Gasteiger partial charge in [-0.25, -0.2) is 0 Å². The molecule has 2 aromatic carbocycles. The lowest BCUT2D eigenvalue weighted by Gasteiger charge is -2.12. The van der Waals surface area contributed by atoms with E-state index in [9.17, 15) is 24.6 Å². The van der Waals surface area contributed by atoms with E-state index in [2.05, 4.69) is 5.32 Å². The molecule has 3 N–H and O–H groups in total. The average molecular weight is 433 g/mol. The molecular formula is C20H17ClN2O5S. The van der Waals surface area contributed by atoms with Gasteiger partial charge in [-0.05, 0) is 53.6 Å². The normalized spacial score (nSPS) is 15.2. The molecular weight excluding hydrogens is 416 g/mol. The third kappa shape index (κ3) is 5.10. The van der Waals surface area contributed by atoms with Crippen LogP contribution < -0.4 is 5.32 Å². The van der Waals surface area contributed by atoms with Crippen molar-refractivity contribution in [1.29, 1.82) is 0 Å². The minimum absolute atomic E-state index is 0.204. The van der Waals surface area contributed by atoms with Crippen molar-refractivity contribution in [2.24, 2.45) is 0 Å². The number of phenols is 2. The molecule has 9 heteroatoms. The summed E-state index contributed by atoms with van der Waals surface area (Å²) in [5.41, 5.74) is 1.33. The fourth-order valence-corrected chi connectivity index (χ4v) is 3.66. The van der Waals surface area contributed by atoms with E-state index in [4.69, 9.17) is 11.6 Å². The van der Waals surface area contributed by atoms with Gasteiger partial charge in [0.1, 0.15) is 6.54 Å². The maximum atomic E-state index is 12.5. The van der Waals surface area contributed by atoms with Crippen molar-refractivity contribution in [3.63, 3.8) is 0 Å². The Morgan fingerprint density at radius 3 is 2.62 bits per heavy atom. The van der Waals surface area contributed by atoms with E-state index < -0.39 is 17.1 Å². The maximum absolute atomic E-state index is 12.5. The second kappa shape index (κ2) is 9.02. The quantitative estimate of drug-likeness (QED) is 0.478. The zero-order chi connectivity index (χ0) is 21.0. The van der Waals surface area contributed by atoms with Gasteiger partial charge < -0.3 is 15.5 Å². The lowest BCUT2D eigenvalue weighted by Crippen LogP contribution is -2.40. The molecule has 0 spiro atoms. The summed E-state index contributed by atoms with van der Waals surface area (Å²) >= 11 is 6.84. The first-order valence-corrected chi connectivity index (χ1v) is 9.82. The van der Waals surface area contributed by atoms with E-state index in [0.29, 0.717) is 17.0 Å². The van der Waals surface area contributed by atoms with E-state index in [1.807, 2.05) is 0 Å². The fourth-order valence-electron chi connectivity index (χ4n) is 2.64. The molecule has 0 aromatic heterocycles. The Morgan fingerprint density at radius 1 is 1.14 bits per heavy atom. The van der Waals surface area contributed by atoms with Gasteiger partial charge in [-0.2, -0.15) is 0 Å². The molecule has 150 valence electrons. The van der Waals surface area contributed by atoms with Gasteiger partial charge >= 0.3 is 0 Å². The molecule has 2 aromatic rings. The van der Waals surface area contributed by atoms with Crippen LogP contribution in [0.1, 0.15) is 11.1 Å². The molecule has 7 nitrogen and oxygen atoms in total. The Labute approximate surface area is 176 Å². The molecule has 1 heterocycles. The SMILES string of the molecule is O=C(CN1C(=O)SC(=Cc2ccccc2Cl)C1=O)NCCc1ccc(O)c(O)c1. The molecule has 3 amide bonds. The van der Waals surface area contributed by atoms with Gasteiger partial charge in [0.05, 0.1) is 4.91 Å². The second-order valence-electron chi connectivity index (χ2n) is 6.21. The van der Waals surface area contributed by atoms with Crippen molar-refractivity contribution in [1.82, 2.24) is 10.2 Å². The maximum Gasteiger partial charge on any atom is 0.294 e. The van der Waals surface area contributed by atoms with Gasteiger partial charge in [-0.3, -0.25) is 19.3 Å². The van der Waals surface area contributed by atoms with Gasteiger partial charge in [0.15, 0.2) is 11.5 Å². The van der Waals surface area contributed by atoms with Gasteiger partial charge in [-0.15, -0.1) is 0 Å². The third-order valence-corrected chi connectivity index (χ3v) is 5.39. The molecule has 0 saturated carbocycles. The number of aromatic hydroxyl groups is 2. The van der Waals surface area contributed by atoms with E-state index in [1.165, 1.54) is 18.2 Å². The van der Waals surface area contributed by atoms with Crippen LogP contribution in [0.5, 0.6) is 11.5 Å². The largest absolute Gasteiger partial charge is 0.504 e. The smallest absolute Gasteiger partial charge is 0.294 e. The second-order valence-corrected chi connectivity index (χ2v) is 7.61. The molecule has 0 atom stereocenters. The number of hydrogen-bond acceptors (Lipinski definition) is 6. The van der Waals surface area contributed by atoms with Crippen LogP contribution in [0.3, 0.4) is 0 Å². The molecule has 1 fully saturated rings. The summed E-state index contributed by atoms with van der Waals surface area (Å²) in [6.07, 6.45) is 1.94. The molecule has 0 bridgehead atoms. The number of benzene rings is 2. The summed E-state index contributed by atoms with van der Waals surface area (Å²) in [5, 5.41) is 21.3. The van der Waals surface area contributed by atoms with Crippen LogP contribution in [0, 0.1) is 0 Å². The lowest BCUT2D eigenvalue weighted by molar-refractivity contribution is -0.129. The summed E-state index contributed by atoms with van der Waals surface area (Å²) in [6, 6.07) is 11.3. The van der Waals surface area contributed by atoms with Crippen molar-refractivity contribution < 1.29 is 24.6 Å². The van der Waals surface area contributed by atoms with Crippen molar-refractivity contribution in [3.8, 4) is 11.5 Å². The molecule has 1 aliphatic rings. The minimum Gasteiger partial charge on any atom is -0.504 e. The third-order valence-electron chi connectivity index (χ3n) is 4.14. The zero-order valence-electron chi connectivity index (χ0n) is 15.1. The first-order valence-electron chi connectivity index (χ1n) is 8.62. The number of carbonyl (C=O) groups excluding carboxylic acids is 3. The van der Waals surface area contributed by atoms with Crippen LogP contribution in [0.4, 0.5) is 4.79 Å². The Kier molecular flexibility index (Phi) is 6.46. The molecule has 1 saturated heterocycles. The number of halogens is 1. The predicted molar refractivity (Wildman–Crippen MR) is 111 cm³/mol. The average Bonchev–Trinajstić information content (AvgIpc) is 2.94. The number of imide groups is 1. The molecule has 0 radical (unpaired) electrons. The predicted octanol–water partition coefficient (Wildman–Crippen LogP) is 3.15. The lowest BCUT2D eigenvalue weighted by atomic mass is 10.1. The van der Waals surface area contributed by atoms with Crippen LogP contribution in [0.25, 0.3) is 6.08 Å². The van der Waals surface area contributed by atoms with E-state index in [-0.39, 0.29) is 29.5 Å². The Morgan fingerprint density at radius 2 is 1.90 bits per heavy atom. The molecule has 29 heavy (non-hydrogen) atoms. The number of carbonyl (C=O) groups is 3. The van der Waals surface area contributed by atoms with E-state index in [1.54, 1.807) is 30.3 Å². The number of nitrogens with one attached hydrogen (secondary N) is 1. The highest BCUT2D eigenvalue weighted by Gasteiger charge is 2.36. The molecule has 3 rings (SSSR count). The standard InChI is InChI=1S/C20H17ClN2O5S/c21-14-4-2-1-3-13(14)10-17-19(27)23(20(28)29-17)11-18(26)22-8-7-12-5-6-15(24)16(25)9-12/h1-6,9-10,24-25H,7-8,11H2,(H,22,26). The van der Waals surface area contributed by atoms with Crippen LogP contribution in [0.15, 0.2) is 47.4 Å². The van der Waals surface area contributed by atoms with Crippen molar-refractivity contribution in [2.45, 2.75) is 6.42 Å².